The van der Waals surface area contributed by atoms with Crippen molar-refractivity contribution in [2.45, 2.75) is 69.7 Å². The molecule has 1 aliphatic carbocycles. The lowest BCUT2D eigenvalue weighted by molar-refractivity contribution is -0.122. The van der Waals surface area contributed by atoms with E-state index in [1.165, 1.54) is 36.8 Å². The molecule has 1 saturated heterocycles. The van der Waals surface area contributed by atoms with Gasteiger partial charge in [0.2, 0.25) is 11.8 Å². The predicted octanol–water partition coefficient (Wildman–Crippen LogP) is 3.66. The highest BCUT2D eigenvalue weighted by molar-refractivity contribution is 5.80. The Labute approximate surface area is 156 Å². The summed E-state index contributed by atoms with van der Waals surface area (Å²) < 4.78 is 0. The molecule has 0 radical (unpaired) electrons. The van der Waals surface area contributed by atoms with E-state index < -0.39 is 0 Å². The molecule has 1 atom stereocenters. The Morgan fingerprint density at radius 3 is 2.69 bits per heavy atom. The molecule has 1 heterocycles. The van der Waals surface area contributed by atoms with Crippen LogP contribution < -0.4 is 10.6 Å². The van der Waals surface area contributed by atoms with Crippen LogP contribution in [0.4, 0.5) is 0 Å². The largest absolute Gasteiger partial charge is 0.356 e. The van der Waals surface area contributed by atoms with Crippen molar-refractivity contribution in [3.8, 4) is 0 Å². The van der Waals surface area contributed by atoms with Gasteiger partial charge in [-0.2, -0.15) is 0 Å². The van der Waals surface area contributed by atoms with Gasteiger partial charge in [0.1, 0.15) is 0 Å². The number of hydrogen-bond donors (Lipinski definition) is 2. The van der Waals surface area contributed by atoms with Crippen molar-refractivity contribution in [1.82, 2.24) is 10.6 Å². The molecule has 3 rings (SSSR count). The number of rotatable bonds is 8. The molecular formula is C22H30N2O2. The first-order valence-corrected chi connectivity index (χ1v) is 9.95. The minimum Gasteiger partial charge on any atom is -0.356 e. The number of carbonyl (C=O) groups excluding carboxylic acids is 2. The van der Waals surface area contributed by atoms with Gasteiger partial charge in [-0.3, -0.25) is 9.59 Å². The Balaban J connectivity index is 1.47. The molecule has 4 nitrogen and oxygen atoms in total. The van der Waals surface area contributed by atoms with Crippen molar-refractivity contribution in [3.05, 3.63) is 47.5 Å². The molecule has 140 valence electrons. The van der Waals surface area contributed by atoms with Crippen LogP contribution in [-0.4, -0.2) is 23.9 Å². The van der Waals surface area contributed by atoms with Gasteiger partial charge >= 0.3 is 0 Å². The Bertz CT molecular complexity index is 653. The Morgan fingerprint density at radius 2 is 2.00 bits per heavy atom. The van der Waals surface area contributed by atoms with E-state index in [4.69, 9.17) is 0 Å². The maximum Gasteiger partial charge on any atom is 0.220 e. The maximum atomic E-state index is 12.3. The smallest absolute Gasteiger partial charge is 0.220 e. The molecule has 2 aliphatic rings. The van der Waals surface area contributed by atoms with Crippen molar-refractivity contribution in [2.24, 2.45) is 0 Å². The lowest BCUT2D eigenvalue weighted by Gasteiger charge is -2.29. The Hall–Kier alpha value is -2.10. The second-order valence-electron chi connectivity index (χ2n) is 7.70. The van der Waals surface area contributed by atoms with Gasteiger partial charge < -0.3 is 10.6 Å². The van der Waals surface area contributed by atoms with Crippen molar-refractivity contribution in [3.63, 3.8) is 0 Å². The number of nitrogens with one attached hydrogen (secondary N) is 2. The molecule has 0 saturated carbocycles. The average molecular weight is 354 g/mol. The van der Waals surface area contributed by atoms with E-state index >= 15 is 0 Å². The van der Waals surface area contributed by atoms with Gasteiger partial charge in [-0.25, -0.2) is 0 Å². The lowest BCUT2D eigenvalue weighted by Crippen LogP contribution is -2.44. The minimum atomic E-state index is -0.276. The number of allylic oxidation sites excluding steroid dienone is 1. The van der Waals surface area contributed by atoms with Crippen LogP contribution in [0.15, 0.2) is 42.0 Å². The fraction of sp³-hybridized carbons (Fsp3) is 0.545. The first-order valence-electron chi connectivity index (χ1n) is 9.95. The van der Waals surface area contributed by atoms with Gasteiger partial charge in [-0.05, 0) is 56.9 Å². The van der Waals surface area contributed by atoms with E-state index in [0.29, 0.717) is 19.3 Å². The highest BCUT2D eigenvalue weighted by Gasteiger charge is 2.37. The van der Waals surface area contributed by atoms with Gasteiger partial charge in [0, 0.05) is 24.9 Å². The summed E-state index contributed by atoms with van der Waals surface area (Å²) in [6, 6.07) is 10.2. The summed E-state index contributed by atoms with van der Waals surface area (Å²) >= 11 is 0. The highest BCUT2D eigenvalue weighted by Crippen LogP contribution is 2.29. The molecule has 0 bridgehead atoms. The highest BCUT2D eigenvalue weighted by atomic mass is 16.2. The van der Waals surface area contributed by atoms with E-state index in [1.54, 1.807) is 0 Å². The quantitative estimate of drug-likeness (QED) is 0.700. The first kappa shape index (κ1) is 18.7. The number of hydrogen-bond acceptors (Lipinski definition) is 2. The molecule has 4 heteroatoms. The molecule has 1 aliphatic heterocycles. The number of amides is 2. The summed E-state index contributed by atoms with van der Waals surface area (Å²) in [5.41, 5.74) is 2.42. The van der Waals surface area contributed by atoms with E-state index in [0.717, 1.165) is 25.8 Å². The van der Waals surface area contributed by atoms with Gasteiger partial charge in [-0.1, -0.05) is 42.0 Å². The third-order valence-electron chi connectivity index (χ3n) is 5.60. The molecule has 1 fully saturated rings. The number of carbonyl (C=O) groups is 2. The third-order valence-corrected chi connectivity index (χ3v) is 5.60. The molecule has 1 unspecified atom stereocenters. The second-order valence-corrected chi connectivity index (χ2v) is 7.70. The van der Waals surface area contributed by atoms with E-state index in [9.17, 15) is 9.59 Å². The molecule has 1 aromatic carbocycles. The van der Waals surface area contributed by atoms with Crippen LogP contribution in [0.25, 0.3) is 0 Å². The zero-order chi connectivity index (χ0) is 18.2. The Kier molecular flexibility index (Phi) is 6.48. The van der Waals surface area contributed by atoms with Gasteiger partial charge in [0.15, 0.2) is 0 Å². The molecule has 2 N–H and O–H groups in total. The summed E-state index contributed by atoms with van der Waals surface area (Å²) in [4.78, 5) is 24.1. The van der Waals surface area contributed by atoms with Gasteiger partial charge in [-0.15, -0.1) is 0 Å². The molecular weight excluding hydrogens is 324 g/mol. The summed E-state index contributed by atoms with van der Waals surface area (Å²) in [5, 5.41) is 6.20. The normalized spacial score (nSPS) is 22.6. The molecule has 0 aromatic heterocycles. The van der Waals surface area contributed by atoms with Crippen LogP contribution in [0.5, 0.6) is 0 Å². The number of benzene rings is 1. The zero-order valence-corrected chi connectivity index (χ0v) is 15.6. The van der Waals surface area contributed by atoms with Crippen molar-refractivity contribution < 1.29 is 9.59 Å². The first-order chi connectivity index (χ1) is 12.7. The van der Waals surface area contributed by atoms with Crippen LogP contribution in [0.1, 0.15) is 63.4 Å². The third kappa shape index (κ3) is 5.45. The average Bonchev–Trinajstić information content (AvgIpc) is 3.03. The standard InChI is InChI=1S/C22H30N2O2/c25-20(23-16-13-18-7-3-1-4-8-18)11-14-22(15-12-21(26)24-22)17-19-9-5-2-6-10-19/h2,5-7,9-10H,1,3-4,8,11-17H2,(H,23,25)(H,24,26). The summed E-state index contributed by atoms with van der Waals surface area (Å²) in [6.07, 6.45) is 11.6. The summed E-state index contributed by atoms with van der Waals surface area (Å²) in [7, 11) is 0. The van der Waals surface area contributed by atoms with Gasteiger partial charge in [0.05, 0.1) is 0 Å². The summed E-state index contributed by atoms with van der Waals surface area (Å²) in [6.45, 7) is 0.725. The van der Waals surface area contributed by atoms with E-state index in [-0.39, 0.29) is 17.4 Å². The van der Waals surface area contributed by atoms with Crippen LogP contribution in [0, 0.1) is 0 Å². The van der Waals surface area contributed by atoms with E-state index in [1.807, 2.05) is 18.2 Å². The van der Waals surface area contributed by atoms with Crippen LogP contribution in [-0.2, 0) is 16.0 Å². The van der Waals surface area contributed by atoms with Crippen LogP contribution >= 0.6 is 0 Å². The minimum absolute atomic E-state index is 0.0926. The SMILES string of the molecule is O=C(CCC1(Cc2ccccc2)CCC(=O)N1)NCCC1=CCCCC1. The molecule has 0 spiro atoms. The maximum absolute atomic E-state index is 12.3. The molecule has 1 aromatic rings. The van der Waals surface area contributed by atoms with Crippen molar-refractivity contribution in [2.75, 3.05) is 6.54 Å². The Morgan fingerprint density at radius 1 is 1.15 bits per heavy atom. The topological polar surface area (TPSA) is 58.2 Å². The van der Waals surface area contributed by atoms with Crippen molar-refractivity contribution >= 4 is 11.8 Å². The van der Waals surface area contributed by atoms with Crippen molar-refractivity contribution in [1.29, 1.82) is 0 Å². The fourth-order valence-corrected chi connectivity index (χ4v) is 4.10. The van der Waals surface area contributed by atoms with Crippen LogP contribution in [0.2, 0.25) is 0 Å². The second kappa shape index (κ2) is 9.02. The zero-order valence-electron chi connectivity index (χ0n) is 15.6. The lowest BCUT2D eigenvalue weighted by atomic mass is 9.85. The predicted molar refractivity (Wildman–Crippen MR) is 104 cm³/mol. The molecule has 26 heavy (non-hydrogen) atoms. The fourth-order valence-electron chi connectivity index (χ4n) is 4.10. The van der Waals surface area contributed by atoms with E-state index in [2.05, 4.69) is 28.8 Å². The molecule has 2 amide bonds. The van der Waals surface area contributed by atoms with Gasteiger partial charge in [0.25, 0.3) is 0 Å². The summed E-state index contributed by atoms with van der Waals surface area (Å²) in [5.74, 6) is 0.195. The monoisotopic (exact) mass is 354 g/mol. The van der Waals surface area contributed by atoms with Crippen LogP contribution in [0.3, 0.4) is 0 Å².